The number of hydrogen-bond acceptors (Lipinski definition) is 5. The summed E-state index contributed by atoms with van der Waals surface area (Å²) >= 11 is 1.33. The summed E-state index contributed by atoms with van der Waals surface area (Å²) in [5.74, 6) is 0.0263. The van der Waals surface area contributed by atoms with Crippen molar-refractivity contribution in [3.8, 4) is 0 Å². The molecule has 0 spiro atoms. The summed E-state index contributed by atoms with van der Waals surface area (Å²) < 4.78 is 20.0. The molecular formula is C17H23FN4O2S. The molecule has 0 bridgehead atoms. The van der Waals surface area contributed by atoms with Crippen LogP contribution in [0, 0.1) is 11.7 Å². The van der Waals surface area contributed by atoms with Crippen LogP contribution in [0.15, 0.2) is 35.7 Å². The van der Waals surface area contributed by atoms with Gasteiger partial charge in [0.25, 0.3) is 0 Å². The normalized spacial score (nSPS) is 12.4. The molecule has 1 aromatic heterocycles. The number of carbonyl (C=O) groups is 1. The fourth-order valence-electron chi connectivity index (χ4n) is 2.35. The highest BCUT2D eigenvalue weighted by molar-refractivity contribution is 7.99. The second kappa shape index (κ2) is 9.53. The number of nitrogens with one attached hydrogen (secondary N) is 1. The molecule has 6 nitrogen and oxygen atoms in total. The van der Waals surface area contributed by atoms with Crippen molar-refractivity contribution in [2.45, 2.75) is 31.6 Å². The minimum absolute atomic E-state index is 0.102. The van der Waals surface area contributed by atoms with Gasteiger partial charge in [-0.05, 0) is 23.6 Å². The summed E-state index contributed by atoms with van der Waals surface area (Å²) in [5, 5.41) is 11.6. The predicted octanol–water partition coefficient (Wildman–Crippen LogP) is 2.67. The molecule has 8 heteroatoms. The Labute approximate surface area is 151 Å². The standard InChI is InChI=1S/C17H23FN4O2S/c1-12(2)16(13-4-6-14(18)7-5-13)20-15(23)10-25-17-21-19-11-22(17)8-9-24-3/h4-7,11-12,16H,8-10H2,1-3H3,(H,20,23). The number of hydrogen-bond donors (Lipinski definition) is 1. The lowest BCUT2D eigenvalue weighted by Gasteiger charge is -2.23. The minimum atomic E-state index is -0.288. The maximum atomic E-state index is 13.1. The number of aromatic nitrogens is 3. The van der Waals surface area contributed by atoms with Gasteiger partial charge in [0.1, 0.15) is 12.1 Å². The molecule has 25 heavy (non-hydrogen) atoms. The molecule has 136 valence electrons. The lowest BCUT2D eigenvalue weighted by Crippen LogP contribution is -2.33. The van der Waals surface area contributed by atoms with Gasteiger partial charge in [-0.1, -0.05) is 37.7 Å². The van der Waals surface area contributed by atoms with Gasteiger partial charge >= 0.3 is 0 Å². The van der Waals surface area contributed by atoms with Crippen LogP contribution in [-0.2, 0) is 16.1 Å². The third-order valence-corrected chi connectivity index (χ3v) is 4.64. The molecule has 1 heterocycles. The van der Waals surface area contributed by atoms with Crippen LogP contribution in [0.4, 0.5) is 4.39 Å². The highest BCUT2D eigenvalue weighted by Crippen LogP contribution is 2.22. The first-order chi connectivity index (χ1) is 12.0. The molecule has 1 aromatic carbocycles. The summed E-state index contributed by atoms with van der Waals surface area (Å²) in [5.41, 5.74) is 0.887. The fraction of sp³-hybridized carbons (Fsp3) is 0.471. The quantitative estimate of drug-likeness (QED) is 0.691. The Morgan fingerprint density at radius 1 is 1.36 bits per heavy atom. The number of ether oxygens (including phenoxy) is 1. The number of methoxy groups -OCH3 is 1. The van der Waals surface area contributed by atoms with Crippen molar-refractivity contribution in [3.63, 3.8) is 0 Å². The first-order valence-electron chi connectivity index (χ1n) is 8.05. The van der Waals surface area contributed by atoms with Crippen molar-refractivity contribution in [1.29, 1.82) is 0 Å². The molecule has 0 saturated carbocycles. The number of benzene rings is 1. The summed E-state index contributed by atoms with van der Waals surface area (Å²) in [7, 11) is 1.63. The lowest BCUT2D eigenvalue weighted by atomic mass is 9.96. The Bertz CT molecular complexity index is 676. The van der Waals surface area contributed by atoms with E-state index in [-0.39, 0.29) is 29.4 Å². The monoisotopic (exact) mass is 366 g/mol. The zero-order valence-electron chi connectivity index (χ0n) is 14.6. The second-order valence-electron chi connectivity index (χ2n) is 5.93. The molecular weight excluding hydrogens is 343 g/mol. The van der Waals surface area contributed by atoms with Crippen LogP contribution < -0.4 is 5.32 Å². The van der Waals surface area contributed by atoms with Crippen LogP contribution >= 0.6 is 11.8 Å². The molecule has 1 unspecified atom stereocenters. The maximum absolute atomic E-state index is 13.1. The van der Waals surface area contributed by atoms with Gasteiger partial charge in [0.2, 0.25) is 5.91 Å². The third-order valence-electron chi connectivity index (χ3n) is 3.66. The van der Waals surface area contributed by atoms with E-state index in [1.165, 1.54) is 23.9 Å². The van der Waals surface area contributed by atoms with Crippen molar-refractivity contribution in [3.05, 3.63) is 42.0 Å². The number of amides is 1. The number of halogens is 1. The van der Waals surface area contributed by atoms with Crippen LogP contribution in [0.25, 0.3) is 0 Å². The van der Waals surface area contributed by atoms with E-state index in [4.69, 9.17) is 4.74 Å². The van der Waals surface area contributed by atoms with Crippen molar-refractivity contribution < 1.29 is 13.9 Å². The SMILES string of the molecule is COCCn1cnnc1SCC(=O)NC(c1ccc(F)cc1)C(C)C. The van der Waals surface area contributed by atoms with Gasteiger partial charge in [0.15, 0.2) is 5.16 Å². The van der Waals surface area contributed by atoms with E-state index in [1.54, 1.807) is 25.6 Å². The second-order valence-corrected chi connectivity index (χ2v) is 6.87. The zero-order chi connectivity index (χ0) is 18.2. The van der Waals surface area contributed by atoms with Crippen LogP contribution in [-0.4, -0.2) is 40.1 Å². The molecule has 0 aliphatic heterocycles. The van der Waals surface area contributed by atoms with Crippen LogP contribution in [0.3, 0.4) is 0 Å². The summed E-state index contributed by atoms with van der Waals surface area (Å²) in [6.07, 6.45) is 1.62. The lowest BCUT2D eigenvalue weighted by molar-refractivity contribution is -0.119. The van der Waals surface area contributed by atoms with Crippen molar-refractivity contribution in [1.82, 2.24) is 20.1 Å². The molecule has 2 rings (SSSR count). The molecule has 0 fully saturated rings. The van der Waals surface area contributed by atoms with Gasteiger partial charge in [0.05, 0.1) is 18.4 Å². The highest BCUT2D eigenvalue weighted by atomic mass is 32.2. The van der Waals surface area contributed by atoms with Crippen LogP contribution in [0.1, 0.15) is 25.5 Å². The Hall–Kier alpha value is -1.93. The van der Waals surface area contributed by atoms with E-state index in [0.29, 0.717) is 18.3 Å². The van der Waals surface area contributed by atoms with E-state index < -0.39 is 0 Å². The van der Waals surface area contributed by atoms with E-state index in [1.807, 2.05) is 18.4 Å². The van der Waals surface area contributed by atoms with Gasteiger partial charge in [-0.2, -0.15) is 0 Å². The Kier molecular flexibility index (Phi) is 7.39. The van der Waals surface area contributed by atoms with E-state index in [2.05, 4.69) is 15.5 Å². The minimum Gasteiger partial charge on any atom is -0.383 e. The molecule has 0 aliphatic rings. The van der Waals surface area contributed by atoms with Crippen LogP contribution in [0.2, 0.25) is 0 Å². The van der Waals surface area contributed by atoms with Gasteiger partial charge in [-0.15, -0.1) is 10.2 Å². The highest BCUT2D eigenvalue weighted by Gasteiger charge is 2.19. The van der Waals surface area contributed by atoms with Gasteiger partial charge in [0, 0.05) is 13.7 Å². The average molecular weight is 366 g/mol. The topological polar surface area (TPSA) is 69.0 Å². The molecule has 0 radical (unpaired) electrons. The number of rotatable bonds is 9. The Morgan fingerprint density at radius 2 is 2.08 bits per heavy atom. The Balaban J connectivity index is 1.93. The van der Waals surface area contributed by atoms with Gasteiger partial charge in [-0.25, -0.2) is 4.39 Å². The smallest absolute Gasteiger partial charge is 0.230 e. The summed E-state index contributed by atoms with van der Waals surface area (Å²) in [6.45, 7) is 5.22. The number of thioether (sulfide) groups is 1. The summed E-state index contributed by atoms with van der Waals surface area (Å²) in [6, 6.07) is 6.05. The number of carbonyl (C=O) groups excluding carboxylic acids is 1. The van der Waals surface area contributed by atoms with Crippen molar-refractivity contribution in [2.24, 2.45) is 5.92 Å². The van der Waals surface area contributed by atoms with Gasteiger partial charge < -0.3 is 14.6 Å². The number of nitrogens with zero attached hydrogens (tertiary/aromatic N) is 3. The molecule has 1 amide bonds. The predicted molar refractivity (Wildman–Crippen MR) is 94.7 cm³/mol. The summed E-state index contributed by atoms with van der Waals surface area (Å²) in [4.78, 5) is 12.3. The van der Waals surface area contributed by atoms with Gasteiger partial charge in [-0.3, -0.25) is 4.79 Å². The molecule has 2 aromatic rings. The first-order valence-corrected chi connectivity index (χ1v) is 9.04. The third kappa shape index (κ3) is 5.82. The Morgan fingerprint density at radius 3 is 2.72 bits per heavy atom. The van der Waals surface area contributed by atoms with Crippen molar-refractivity contribution >= 4 is 17.7 Å². The van der Waals surface area contributed by atoms with E-state index in [9.17, 15) is 9.18 Å². The zero-order valence-corrected chi connectivity index (χ0v) is 15.4. The van der Waals surface area contributed by atoms with E-state index in [0.717, 1.165) is 5.56 Å². The fourth-order valence-corrected chi connectivity index (χ4v) is 3.10. The molecule has 1 N–H and O–H groups in total. The molecule has 0 saturated heterocycles. The van der Waals surface area contributed by atoms with Crippen molar-refractivity contribution in [2.75, 3.05) is 19.5 Å². The maximum Gasteiger partial charge on any atom is 0.230 e. The van der Waals surface area contributed by atoms with E-state index >= 15 is 0 Å². The molecule has 0 aliphatic carbocycles. The van der Waals surface area contributed by atoms with Crippen LogP contribution in [0.5, 0.6) is 0 Å². The largest absolute Gasteiger partial charge is 0.383 e. The molecule has 1 atom stereocenters. The first kappa shape index (κ1) is 19.4. The average Bonchev–Trinajstić information content (AvgIpc) is 3.04.